The van der Waals surface area contributed by atoms with Crippen molar-refractivity contribution in [3.63, 3.8) is 0 Å². The van der Waals surface area contributed by atoms with Crippen molar-refractivity contribution in [2.45, 2.75) is 6.92 Å². The van der Waals surface area contributed by atoms with Gasteiger partial charge in [0.2, 0.25) is 5.78 Å². The second kappa shape index (κ2) is 14.2. The quantitative estimate of drug-likeness (QED) is 0.357. The number of carbonyl (C=O) groups is 2. The van der Waals surface area contributed by atoms with Crippen LogP contribution >= 0.6 is 7.92 Å². The lowest BCUT2D eigenvalue weighted by Crippen LogP contribution is -2.21. The van der Waals surface area contributed by atoms with Crippen LogP contribution in [0.5, 0.6) is 0 Å². The van der Waals surface area contributed by atoms with E-state index in [0.717, 1.165) is 22.5 Å². The number of ether oxygens (including phenoxy) is 1. The highest BCUT2D eigenvalue weighted by Gasteiger charge is 2.26. The molecule has 39 heavy (non-hydrogen) atoms. The van der Waals surface area contributed by atoms with Gasteiger partial charge in [-0.15, -0.1) is 0 Å². The Labute approximate surface area is 226 Å². The van der Waals surface area contributed by atoms with Gasteiger partial charge in [0.1, 0.15) is 33.4 Å². The fourth-order valence-corrected chi connectivity index (χ4v) is 6.19. The van der Waals surface area contributed by atoms with Gasteiger partial charge in [-0.25, -0.2) is 13.2 Å². The first-order valence-electron chi connectivity index (χ1n) is 12.0. The lowest BCUT2D eigenvalue weighted by Gasteiger charge is -2.10. The molecule has 200 valence electrons. The zero-order valence-corrected chi connectivity index (χ0v) is 22.5. The zero-order chi connectivity index (χ0) is 28.4. The number of benzene rings is 4. The molecule has 5 rings (SSSR count). The first-order chi connectivity index (χ1) is 18.7. The number of fused-ring (bicyclic) bond motifs is 1. The largest absolute Gasteiger partial charge is 0.395 e. The molecule has 0 amide bonds. The maximum absolute atomic E-state index is 13.2. The van der Waals surface area contributed by atoms with Crippen LogP contribution in [0.2, 0.25) is 0 Å². The van der Waals surface area contributed by atoms with E-state index >= 15 is 0 Å². The Morgan fingerprint density at radius 1 is 0.667 bits per heavy atom. The summed E-state index contributed by atoms with van der Waals surface area (Å²) in [7, 11) is 0.254. The molecule has 0 saturated carbocycles. The number of halogens is 3. The van der Waals surface area contributed by atoms with E-state index in [-0.39, 0.29) is 34.7 Å². The van der Waals surface area contributed by atoms with Gasteiger partial charge in [0.05, 0.1) is 13.6 Å². The van der Waals surface area contributed by atoms with Crippen molar-refractivity contribution >= 4 is 35.4 Å². The van der Waals surface area contributed by atoms with Crippen molar-refractivity contribution in [3.8, 4) is 0 Å². The van der Waals surface area contributed by atoms with Crippen molar-refractivity contribution in [2.24, 2.45) is 5.73 Å². The average Bonchev–Trinajstić information content (AvgIpc) is 2.95. The molecule has 4 aromatic carbocycles. The molecular weight excluding hydrogens is 522 g/mol. The van der Waals surface area contributed by atoms with E-state index in [1.165, 1.54) is 42.5 Å². The molecule has 2 N–H and O–H groups in total. The molecule has 0 heterocycles. The molecule has 0 saturated heterocycles. The van der Waals surface area contributed by atoms with E-state index in [0.29, 0.717) is 11.1 Å². The summed E-state index contributed by atoms with van der Waals surface area (Å²) in [4.78, 5) is 22.7. The number of nitrogens with two attached hydrogens (primary N) is 1. The highest BCUT2D eigenvalue weighted by Crippen LogP contribution is 2.32. The van der Waals surface area contributed by atoms with E-state index in [1.54, 1.807) is 67.8 Å². The third-order valence-corrected chi connectivity index (χ3v) is 8.41. The highest BCUT2D eigenvalue weighted by molar-refractivity contribution is 7.79. The predicted molar refractivity (Wildman–Crippen MR) is 151 cm³/mol. The molecule has 1 aliphatic carbocycles. The van der Waals surface area contributed by atoms with Crippen molar-refractivity contribution in [2.75, 3.05) is 13.7 Å². The predicted octanol–water partition coefficient (Wildman–Crippen LogP) is 5.16. The van der Waals surface area contributed by atoms with Crippen molar-refractivity contribution < 1.29 is 27.5 Å². The minimum absolute atomic E-state index is 0.0173. The SMILES string of the molecule is CCOC.Fc1ccc([PH+](c2ccc(F)cc2)c2ccc(F)cc2)cc1.NC1=CC(=O)c2ccccc2C1=O. The second-order valence-electron chi connectivity index (χ2n) is 8.31. The smallest absolute Gasteiger partial charge is 0.209 e. The van der Waals surface area contributed by atoms with Crippen LogP contribution in [0, 0.1) is 17.5 Å². The molecule has 4 nitrogen and oxygen atoms in total. The Kier molecular flexibility index (Phi) is 10.7. The van der Waals surface area contributed by atoms with E-state index in [2.05, 4.69) is 4.74 Å². The molecule has 0 bridgehead atoms. The first kappa shape index (κ1) is 29.5. The number of methoxy groups -OCH3 is 1. The molecular formula is C31H28F3NO3P+. The molecule has 0 radical (unpaired) electrons. The van der Waals surface area contributed by atoms with Crippen molar-refractivity contribution in [3.05, 3.63) is 137 Å². The van der Waals surface area contributed by atoms with Gasteiger partial charge >= 0.3 is 0 Å². The van der Waals surface area contributed by atoms with Gasteiger partial charge in [-0.3, -0.25) is 9.59 Å². The van der Waals surface area contributed by atoms with Gasteiger partial charge in [0.15, 0.2) is 5.78 Å². The van der Waals surface area contributed by atoms with Crippen LogP contribution in [0.4, 0.5) is 13.2 Å². The van der Waals surface area contributed by atoms with Crippen LogP contribution in [0.1, 0.15) is 27.6 Å². The van der Waals surface area contributed by atoms with Crippen LogP contribution in [0.25, 0.3) is 0 Å². The first-order valence-corrected chi connectivity index (χ1v) is 13.5. The van der Waals surface area contributed by atoms with Gasteiger partial charge < -0.3 is 10.5 Å². The topological polar surface area (TPSA) is 69.4 Å². The Hall–Kier alpha value is -4.06. The van der Waals surface area contributed by atoms with E-state index < -0.39 is 7.92 Å². The third-order valence-electron chi connectivity index (χ3n) is 5.67. The number of allylic oxidation sites excluding steroid dienone is 2. The molecule has 0 spiro atoms. The fraction of sp³-hybridized carbons (Fsp3) is 0.0968. The molecule has 0 unspecified atom stereocenters. The number of ketones is 2. The summed E-state index contributed by atoms with van der Waals surface area (Å²) in [5, 5.41) is 2.89. The van der Waals surface area contributed by atoms with Crippen molar-refractivity contribution in [1.29, 1.82) is 0 Å². The minimum Gasteiger partial charge on any atom is -0.395 e. The maximum Gasteiger partial charge on any atom is 0.209 e. The highest BCUT2D eigenvalue weighted by atomic mass is 31.1. The summed E-state index contributed by atoms with van der Waals surface area (Å²) in [5.74, 6) is -1.38. The molecule has 0 atom stereocenters. The van der Waals surface area contributed by atoms with Gasteiger partial charge in [-0.1, -0.05) is 24.3 Å². The zero-order valence-electron chi connectivity index (χ0n) is 21.5. The second-order valence-corrected chi connectivity index (χ2v) is 10.8. The van der Waals surface area contributed by atoms with Gasteiger partial charge in [0.25, 0.3) is 0 Å². The fourth-order valence-electron chi connectivity index (χ4n) is 3.69. The molecule has 0 fully saturated rings. The summed E-state index contributed by atoms with van der Waals surface area (Å²) in [6, 6.07) is 25.5. The number of Topliss-reactive ketones (excluding diaryl/α,β-unsaturated/α-hetero) is 1. The molecule has 1 aliphatic rings. The molecule has 4 aromatic rings. The maximum atomic E-state index is 13.2. The van der Waals surface area contributed by atoms with Crippen molar-refractivity contribution in [1.82, 2.24) is 0 Å². The minimum atomic E-state index is -1.43. The Balaban J connectivity index is 0.000000209. The van der Waals surface area contributed by atoms with E-state index in [9.17, 15) is 22.8 Å². The summed E-state index contributed by atoms with van der Waals surface area (Å²) in [5.41, 5.74) is 6.22. The number of rotatable bonds is 4. The van der Waals surface area contributed by atoms with Crippen LogP contribution in [0.15, 0.2) is 109 Å². The van der Waals surface area contributed by atoms with E-state index in [1.807, 2.05) is 6.92 Å². The van der Waals surface area contributed by atoms with Gasteiger partial charge in [0, 0.05) is 30.9 Å². The molecule has 8 heteroatoms. The normalized spacial score (nSPS) is 12.0. The Bertz CT molecular complexity index is 1330. The van der Waals surface area contributed by atoms with Crippen LogP contribution in [-0.2, 0) is 4.74 Å². The summed E-state index contributed by atoms with van der Waals surface area (Å²) < 4.78 is 44.1. The monoisotopic (exact) mass is 550 g/mol. The number of carbonyl (C=O) groups excluding carboxylic acids is 2. The van der Waals surface area contributed by atoms with Gasteiger partial charge in [-0.2, -0.15) is 0 Å². The lowest BCUT2D eigenvalue weighted by atomic mass is 9.93. The summed E-state index contributed by atoms with van der Waals surface area (Å²) >= 11 is 0. The Morgan fingerprint density at radius 2 is 1.03 bits per heavy atom. The number of hydrogen-bond donors (Lipinski definition) is 1. The van der Waals surface area contributed by atoms with Crippen LogP contribution in [0.3, 0.4) is 0 Å². The molecule has 0 aliphatic heterocycles. The van der Waals surface area contributed by atoms with Crippen LogP contribution < -0.4 is 21.6 Å². The molecule has 0 aromatic heterocycles. The third kappa shape index (κ3) is 7.96. The van der Waals surface area contributed by atoms with Gasteiger partial charge in [-0.05, 0) is 79.7 Å². The summed E-state index contributed by atoms with van der Waals surface area (Å²) in [6.45, 7) is 2.78. The average molecular weight is 551 g/mol. The van der Waals surface area contributed by atoms with E-state index in [4.69, 9.17) is 5.73 Å². The Morgan fingerprint density at radius 3 is 1.38 bits per heavy atom. The lowest BCUT2D eigenvalue weighted by molar-refractivity contribution is 0.0983. The number of hydrogen-bond acceptors (Lipinski definition) is 4. The van der Waals surface area contributed by atoms with Crippen LogP contribution in [-0.4, -0.2) is 25.3 Å². The standard InChI is InChI=1S/C18H12F3P.C10H7NO2.C3H8O/c19-13-1-7-16(8-2-13)22(17-9-3-14(20)4-10-17)18-11-5-15(21)6-12-18;11-8-5-9(12)6-3-1-2-4-7(6)10(8)13;1-3-4-2/h1-12H;1-5H,11H2;3H2,1-2H3/p+1. The summed E-state index contributed by atoms with van der Waals surface area (Å²) in [6.07, 6.45) is 1.17.